The SMILES string of the molecule is COc1ccc(CN(c2ccc(C)c(F)c2)S(=O)(=O)c2cccc(OC)c2)cc1. The Kier molecular flexibility index (Phi) is 6.08. The van der Waals surface area contributed by atoms with Crippen molar-refractivity contribution in [3.05, 3.63) is 83.7 Å². The number of benzene rings is 3. The summed E-state index contributed by atoms with van der Waals surface area (Å²) in [5, 5.41) is 0. The number of nitrogens with zero attached hydrogens (tertiary/aromatic N) is 1. The summed E-state index contributed by atoms with van der Waals surface area (Å²) in [4.78, 5) is 0.0614. The van der Waals surface area contributed by atoms with Crippen molar-refractivity contribution in [3.63, 3.8) is 0 Å². The Morgan fingerprint density at radius 3 is 2.21 bits per heavy atom. The number of methoxy groups -OCH3 is 2. The third kappa shape index (κ3) is 4.51. The summed E-state index contributed by atoms with van der Waals surface area (Å²) in [7, 11) is -0.947. The monoisotopic (exact) mass is 415 g/mol. The third-order valence-corrected chi connectivity index (χ3v) is 6.33. The highest BCUT2D eigenvalue weighted by Crippen LogP contribution is 2.29. The van der Waals surface area contributed by atoms with E-state index in [0.29, 0.717) is 17.1 Å². The van der Waals surface area contributed by atoms with E-state index >= 15 is 0 Å². The maximum atomic E-state index is 14.2. The van der Waals surface area contributed by atoms with Crippen molar-refractivity contribution >= 4 is 15.7 Å². The summed E-state index contributed by atoms with van der Waals surface area (Å²) in [5.41, 5.74) is 1.42. The lowest BCUT2D eigenvalue weighted by Gasteiger charge is -2.25. The van der Waals surface area contributed by atoms with E-state index in [1.165, 1.54) is 29.6 Å². The molecule has 0 aliphatic carbocycles. The van der Waals surface area contributed by atoms with Crippen LogP contribution in [-0.4, -0.2) is 22.6 Å². The molecular weight excluding hydrogens is 393 g/mol. The summed E-state index contributed by atoms with van der Waals surface area (Å²) in [6.45, 7) is 1.66. The molecule has 5 nitrogen and oxygen atoms in total. The number of hydrogen-bond donors (Lipinski definition) is 0. The summed E-state index contributed by atoms with van der Waals surface area (Å²) >= 11 is 0. The van der Waals surface area contributed by atoms with Crippen LogP contribution in [0, 0.1) is 12.7 Å². The molecule has 0 heterocycles. The van der Waals surface area contributed by atoms with Crippen LogP contribution < -0.4 is 13.8 Å². The van der Waals surface area contributed by atoms with E-state index in [1.54, 1.807) is 62.6 Å². The summed E-state index contributed by atoms with van der Waals surface area (Å²) in [6, 6.07) is 17.6. The molecule has 0 aliphatic rings. The van der Waals surface area contributed by atoms with Crippen LogP contribution in [0.4, 0.5) is 10.1 Å². The molecule has 0 fully saturated rings. The number of halogens is 1. The average molecular weight is 415 g/mol. The molecular formula is C22H22FNO4S. The molecule has 3 aromatic rings. The zero-order valence-corrected chi connectivity index (χ0v) is 17.2. The number of ether oxygens (including phenoxy) is 2. The molecule has 0 amide bonds. The van der Waals surface area contributed by atoms with E-state index in [1.807, 2.05) is 0 Å². The lowest BCUT2D eigenvalue weighted by molar-refractivity contribution is 0.413. The van der Waals surface area contributed by atoms with Gasteiger partial charge in [-0.15, -0.1) is 0 Å². The first kappa shape index (κ1) is 20.7. The number of rotatable bonds is 7. The minimum absolute atomic E-state index is 0.0338. The Hall–Kier alpha value is -3.06. The molecule has 0 aromatic heterocycles. The van der Waals surface area contributed by atoms with E-state index in [-0.39, 0.29) is 17.1 Å². The quantitative estimate of drug-likeness (QED) is 0.568. The first-order valence-corrected chi connectivity index (χ1v) is 10.3. The van der Waals surface area contributed by atoms with Crippen molar-refractivity contribution in [2.24, 2.45) is 0 Å². The fraction of sp³-hybridized carbons (Fsp3) is 0.182. The largest absolute Gasteiger partial charge is 0.497 e. The fourth-order valence-electron chi connectivity index (χ4n) is 2.84. The van der Waals surface area contributed by atoms with Crippen LogP contribution in [0.1, 0.15) is 11.1 Å². The molecule has 0 saturated heterocycles. The van der Waals surface area contributed by atoms with Crippen molar-refractivity contribution in [1.82, 2.24) is 0 Å². The Morgan fingerprint density at radius 2 is 1.59 bits per heavy atom. The number of anilines is 1. The molecule has 0 aliphatic heterocycles. The summed E-state index contributed by atoms with van der Waals surface area (Å²) in [5.74, 6) is 0.617. The van der Waals surface area contributed by atoms with Crippen LogP contribution in [0.2, 0.25) is 0 Å². The van der Waals surface area contributed by atoms with Gasteiger partial charge in [0.15, 0.2) is 0 Å². The smallest absolute Gasteiger partial charge is 0.264 e. The number of aryl methyl sites for hydroxylation is 1. The molecule has 152 valence electrons. The molecule has 0 bridgehead atoms. The number of hydrogen-bond acceptors (Lipinski definition) is 4. The van der Waals surface area contributed by atoms with Crippen molar-refractivity contribution in [3.8, 4) is 11.5 Å². The molecule has 0 atom stereocenters. The van der Waals surface area contributed by atoms with E-state index in [0.717, 1.165) is 5.56 Å². The Bertz CT molecular complexity index is 1100. The Balaban J connectivity index is 2.08. The van der Waals surface area contributed by atoms with Gasteiger partial charge in [-0.1, -0.05) is 24.3 Å². The lowest BCUT2D eigenvalue weighted by atomic mass is 10.2. The van der Waals surface area contributed by atoms with Gasteiger partial charge >= 0.3 is 0 Å². The van der Waals surface area contributed by atoms with E-state index in [2.05, 4.69) is 0 Å². The van der Waals surface area contributed by atoms with Crippen molar-refractivity contribution < 1.29 is 22.3 Å². The van der Waals surface area contributed by atoms with Crippen molar-refractivity contribution in [1.29, 1.82) is 0 Å². The van der Waals surface area contributed by atoms with Gasteiger partial charge in [0.25, 0.3) is 10.0 Å². The zero-order chi connectivity index (χ0) is 21.0. The van der Waals surface area contributed by atoms with Gasteiger partial charge in [-0.25, -0.2) is 12.8 Å². The Labute approximate surface area is 170 Å². The van der Waals surface area contributed by atoms with Crippen LogP contribution in [0.5, 0.6) is 11.5 Å². The summed E-state index contributed by atoms with van der Waals surface area (Å²) < 4.78 is 52.6. The van der Waals surface area contributed by atoms with E-state index in [9.17, 15) is 12.8 Å². The standard InChI is InChI=1S/C22H22FNO4S/c1-16-7-10-18(13-22(16)23)24(15-17-8-11-19(27-2)12-9-17)29(25,26)21-6-4-5-20(14-21)28-3/h4-14H,15H2,1-3H3. The minimum atomic E-state index is -3.97. The second-order valence-electron chi connectivity index (χ2n) is 6.47. The van der Waals surface area contributed by atoms with Gasteiger partial charge in [0.1, 0.15) is 17.3 Å². The molecule has 0 unspecified atom stereocenters. The normalized spacial score (nSPS) is 11.2. The molecule has 7 heteroatoms. The average Bonchev–Trinajstić information content (AvgIpc) is 2.74. The summed E-state index contributed by atoms with van der Waals surface area (Å²) in [6.07, 6.45) is 0. The topological polar surface area (TPSA) is 55.8 Å². The van der Waals surface area contributed by atoms with Gasteiger partial charge in [-0.05, 0) is 54.4 Å². The molecule has 0 saturated carbocycles. The van der Waals surface area contributed by atoms with Gasteiger partial charge < -0.3 is 9.47 Å². The van der Waals surface area contributed by atoms with Crippen LogP contribution in [0.3, 0.4) is 0 Å². The Morgan fingerprint density at radius 1 is 0.897 bits per heavy atom. The van der Waals surface area contributed by atoms with Gasteiger partial charge in [-0.2, -0.15) is 0 Å². The fourth-order valence-corrected chi connectivity index (χ4v) is 4.32. The first-order valence-electron chi connectivity index (χ1n) is 8.91. The molecule has 29 heavy (non-hydrogen) atoms. The second kappa shape index (κ2) is 8.53. The van der Waals surface area contributed by atoms with Crippen molar-refractivity contribution in [2.45, 2.75) is 18.4 Å². The first-order chi connectivity index (χ1) is 13.8. The van der Waals surface area contributed by atoms with Crippen LogP contribution in [-0.2, 0) is 16.6 Å². The van der Waals surface area contributed by atoms with E-state index < -0.39 is 15.8 Å². The van der Waals surface area contributed by atoms with Gasteiger partial charge in [0.2, 0.25) is 0 Å². The van der Waals surface area contributed by atoms with Crippen LogP contribution in [0.15, 0.2) is 71.6 Å². The van der Waals surface area contributed by atoms with Gasteiger partial charge in [-0.3, -0.25) is 4.31 Å². The van der Waals surface area contributed by atoms with Crippen LogP contribution >= 0.6 is 0 Å². The minimum Gasteiger partial charge on any atom is -0.497 e. The van der Waals surface area contributed by atoms with E-state index in [4.69, 9.17) is 9.47 Å². The molecule has 3 aromatic carbocycles. The van der Waals surface area contributed by atoms with Crippen molar-refractivity contribution in [2.75, 3.05) is 18.5 Å². The predicted octanol–water partition coefficient (Wildman–Crippen LogP) is 4.55. The highest BCUT2D eigenvalue weighted by molar-refractivity contribution is 7.92. The highest BCUT2D eigenvalue weighted by Gasteiger charge is 2.26. The predicted molar refractivity (Wildman–Crippen MR) is 110 cm³/mol. The van der Waals surface area contributed by atoms with Gasteiger partial charge in [0, 0.05) is 6.07 Å². The zero-order valence-electron chi connectivity index (χ0n) is 16.4. The highest BCUT2D eigenvalue weighted by atomic mass is 32.2. The molecule has 0 N–H and O–H groups in total. The number of sulfonamides is 1. The van der Waals surface area contributed by atoms with Gasteiger partial charge in [0.05, 0.1) is 31.3 Å². The molecule has 0 radical (unpaired) electrons. The molecule has 0 spiro atoms. The lowest BCUT2D eigenvalue weighted by Crippen LogP contribution is -2.30. The van der Waals surface area contributed by atoms with Crippen LogP contribution in [0.25, 0.3) is 0 Å². The maximum Gasteiger partial charge on any atom is 0.264 e. The second-order valence-corrected chi connectivity index (χ2v) is 8.33. The molecule has 3 rings (SSSR count). The maximum absolute atomic E-state index is 14.2. The third-order valence-electron chi connectivity index (χ3n) is 4.56.